The van der Waals surface area contributed by atoms with E-state index in [1.165, 1.54) is 134 Å². The Morgan fingerprint density at radius 1 is 0.545 bits per heavy atom. The van der Waals surface area contributed by atoms with Crippen LogP contribution in [0.5, 0.6) is 0 Å². The van der Waals surface area contributed by atoms with E-state index in [1.54, 1.807) is 0 Å². The minimum atomic E-state index is 0.503. The SMILES string of the molecule is CCCCCCCCCCCCCCCCCCN1C=CN(c2ccccc2)C1CCCC. The van der Waals surface area contributed by atoms with Gasteiger partial charge in [-0.2, -0.15) is 0 Å². The summed E-state index contributed by atoms with van der Waals surface area (Å²) in [5.74, 6) is 0. The van der Waals surface area contributed by atoms with E-state index in [-0.39, 0.29) is 0 Å². The topological polar surface area (TPSA) is 6.48 Å². The van der Waals surface area contributed by atoms with Crippen LogP contribution >= 0.6 is 0 Å². The number of benzene rings is 1. The van der Waals surface area contributed by atoms with Crippen molar-refractivity contribution in [3.8, 4) is 0 Å². The van der Waals surface area contributed by atoms with Crippen LogP contribution in [0, 0.1) is 0 Å². The number of hydrogen-bond acceptors (Lipinski definition) is 2. The number of hydrogen-bond donors (Lipinski definition) is 0. The molecule has 0 saturated heterocycles. The van der Waals surface area contributed by atoms with Gasteiger partial charge in [0.2, 0.25) is 0 Å². The molecule has 2 heteroatoms. The van der Waals surface area contributed by atoms with Crippen LogP contribution in [0.1, 0.15) is 136 Å². The average Bonchev–Trinajstić information content (AvgIpc) is 3.25. The van der Waals surface area contributed by atoms with Gasteiger partial charge in [-0.1, -0.05) is 135 Å². The number of anilines is 1. The summed E-state index contributed by atoms with van der Waals surface area (Å²) in [6.45, 7) is 5.80. The van der Waals surface area contributed by atoms with Crippen LogP contribution in [0.4, 0.5) is 5.69 Å². The van der Waals surface area contributed by atoms with E-state index in [4.69, 9.17) is 0 Å². The van der Waals surface area contributed by atoms with Crippen molar-refractivity contribution in [2.45, 2.75) is 142 Å². The van der Waals surface area contributed by atoms with Crippen LogP contribution in [-0.4, -0.2) is 17.6 Å². The highest BCUT2D eigenvalue weighted by molar-refractivity contribution is 5.51. The monoisotopic (exact) mass is 454 g/mol. The van der Waals surface area contributed by atoms with E-state index in [0.29, 0.717) is 6.17 Å². The zero-order valence-electron chi connectivity index (χ0n) is 22.2. The fourth-order valence-electron chi connectivity index (χ4n) is 5.13. The van der Waals surface area contributed by atoms with Crippen molar-refractivity contribution in [2.24, 2.45) is 0 Å². The van der Waals surface area contributed by atoms with Gasteiger partial charge in [0.05, 0.1) is 0 Å². The van der Waals surface area contributed by atoms with Crippen molar-refractivity contribution in [3.05, 3.63) is 42.7 Å². The third kappa shape index (κ3) is 12.0. The smallest absolute Gasteiger partial charge is 0.105 e. The van der Waals surface area contributed by atoms with Crippen LogP contribution in [0.15, 0.2) is 42.7 Å². The largest absolute Gasteiger partial charge is 0.356 e. The molecular weight excluding hydrogens is 400 g/mol. The van der Waals surface area contributed by atoms with Gasteiger partial charge in [-0.05, 0) is 31.4 Å². The van der Waals surface area contributed by atoms with Gasteiger partial charge in [0.1, 0.15) is 6.17 Å². The van der Waals surface area contributed by atoms with Crippen molar-refractivity contribution in [3.63, 3.8) is 0 Å². The van der Waals surface area contributed by atoms with Gasteiger partial charge in [-0.15, -0.1) is 0 Å². The Morgan fingerprint density at radius 3 is 1.55 bits per heavy atom. The lowest BCUT2D eigenvalue weighted by Crippen LogP contribution is -2.39. The summed E-state index contributed by atoms with van der Waals surface area (Å²) in [4.78, 5) is 5.06. The first-order chi connectivity index (χ1) is 16.4. The van der Waals surface area contributed by atoms with Crippen LogP contribution in [-0.2, 0) is 0 Å². The Hall–Kier alpha value is -1.44. The predicted molar refractivity (Wildman–Crippen MR) is 148 cm³/mol. The first kappa shape index (κ1) is 27.8. The molecule has 2 rings (SSSR count). The van der Waals surface area contributed by atoms with E-state index in [1.807, 2.05) is 0 Å². The zero-order chi connectivity index (χ0) is 23.4. The lowest BCUT2D eigenvalue weighted by molar-refractivity contribution is 0.274. The van der Waals surface area contributed by atoms with Gasteiger partial charge < -0.3 is 9.80 Å². The molecule has 1 aromatic carbocycles. The van der Waals surface area contributed by atoms with E-state index in [2.05, 4.69) is 66.4 Å². The molecule has 1 heterocycles. The highest BCUT2D eigenvalue weighted by Crippen LogP contribution is 2.28. The van der Waals surface area contributed by atoms with Crippen molar-refractivity contribution in [1.82, 2.24) is 4.90 Å². The second kappa shape index (κ2) is 18.9. The number of unbranched alkanes of at least 4 members (excludes halogenated alkanes) is 16. The summed E-state index contributed by atoms with van der Waals surface area (Å²) in [6.07, 6.45) is 31.9. The number of para-hydroxylation sites is 1. The molecule has 0 radical (unpaired) electrons. The Bertz CT molecular complexity index is 582. The summed E-state index contributed by atoms with van der Waals surface area (Å²) in [6, 6.07) is 10.9. The predicted octanol–water partition coefficient (Wildman–Crippen LogP) is 10.1. The number of nitrogens with zero attached hydrogens (tertiary/aromatic N) is 2. The maximum absolute atomic E-state index is 2.59. The molecule has 33 heavy (non-hydrogen) atoms. The van der Waals surface area contributed by atoms with Crippen LogP contribution in [0.3, 0.4) is 0 Å². The van der Waals surface area contributed by atoms with E-state index in [0.717, 1.165) is 0 Å². The average molecular weight is 455 g/mol. The normalized spacial score (nSPS) is 15.6. The minimum Gasteiger partial charge on any atom is -0.356 e. The molecule has 1 aromatic rings. The van der Waals surface area contributed by atoms with Gasteiger partial charge in [-0.25, -0.2) is 0 Å². The molecule has 2 nitrogen and oxygen atoms in total. The quantitative estimate of drug-likeness (QED) is 0.170. The van der Waals surface area contributed by atoms with Crippen molar-refractivity contribution < 1.29 is 0 Å². The summed E-state index contributed by atoms with van der Waals surface area (Å²) in [5, 5.41) is 0. The molecule has 188 valence electrons. The Morgan fingerprint density at radius 2 is 1.03 bits per heavy atom. The van der Waals surface area contributed by atoms with Gasteiger partial charge in [0, 0.05) is 24.6 Å². The van der Waals surface area contributed by atoms with Gasteiger partial charge >= 0.3 is 0 Å². The molecule has 0 aromatic heterocycles. The van der Waals surface area contributed by atoms with E-state index < -0.39 is 0 Å². The van der Waals surface area contributed by atoms with E-state index in [9.17, 15) is 0 Å². The molecule has 0 aliphatic carbocycles. The fraction of sp³-hybridized carbons (Fsp3) is 0.742. The standard InChI is InChI=1S/C31H54N2/c1-3-5-7-8-9-10-11-12-13-14-15-16-17-18-19-23-27-32-28-29-33(31(32)26-6-4-2)30-24-21-20-22-25-30/h20-22,24-25,28-29,31H,3-19,23,26-27H2,1-2H3. The molecule has 1 aliphatic rings. The summed E-state index contributed by atoms with van der Waals surface area (Å²) in [5.41, 5.74) is 1.32. The molecule has 0 fully saturated rings. The molecule has 0 N–H and O–H groups in total. The lowest BCUT2D eigenvalue weighted by Gasteiger charge is -2.33. The minimum absolute atomic E-state index is 0.503. The number of rotatable bonds is 21. The molecule has 1 unspecified atom stereocenters. The molecule has 0 bridgehead atoms. The first-order valence-corrected chi connectivity index (χ1v) is 14.6. The molecule has 1 atom stereocenters. The second-order valence-corrected chi connectivity index (χ2v) is 10.2. The van der Waals surface area contributed by atoms with Gasteiger partial charge in [0.25, 0.3) is 0 Å². The molecule has 0 saturated carbocycles. The van der Waals surface area contributed by atoms with Crippen molar-refractivity contribution in [2.75, 3.05) is 11.4 Å². The second-order valence-electron chi connectivity index (χ2n) is 10.2. The first-order valence-electron chi connectivity index (χ1n) is 14.6. The Labute approximate surface area is 206 Å². The Kier molecular flexibility index (Phi) is 15.9. The van der Waals surface area contributed by atoms with Crippen molar-refractivity contribution >= 4 is 5.69 Å². The lowest BCUT2D eigenvalue weighted by atomic mass is 10.0. The van der Waals surface area contributed by atoms with E-state index >= 15 is 0 Å². The summed E-state index contributed by atoms with van der Waals surface area (Å²) in [7, 11) is 0. The van der Waals surface area contributed by atoms with Crippen LogP contribution in [0.25, 0.3) is 0 Å². The van der Waals surface area contributed by atoms with Crippen LogP contribution < -0.4 is 4.90 Å². The summed E-state index contributed by atoms with van der Waals surface area (Å²) < 4.78 is 0. The Balaban J connectivity index is 1.46. The van der Waals surface area contributed by atoms with Gasteiger partial charge in [-0.3, -0.25) is 0 Å². The third-order valence-corrected chi connectivity index (χ3v) is 7.26. The molecule has 0 amide bonds. The molecular formula is C31H54N2. The zero-order valence-corrected chi connectivity index (χ0v) is 22.2. The maximum atomic E-state index is 2.59. The fourth-order valence-corrected chi connectivity index (χ4v) is 5.13. The summed E-state index contributed by atoms with van der Waals surface area (Å²) >= 11 is 0. The third-order valence-electron chi connectivity index (χ3n) is 7.26. The molecule has 1 aliphatic heterocycles. The van der Waals surface area contributed by atoms with Crippen molar-refractivity contribution in [1.29, 1.82) is 0 Å². The highest BCUT2D eigenvalue weighted by atomic mass is 15.4. The maximum Gasteiger partial charge on any atom is 0.105 e. The van der Waals surface area contributed by atoms with Gasteiger partial charge in [0.15, 0.2) is 0 Å². The van der Waals surface area contributed by atoms with Crippen LogP contribution in [0.2, 0.25) is 0 Å². The molecule has 0 spiro atoms. The highest BCUT2D eigenvalue weighted by Gasteiger charge is 2.26.